The largest absolute Gasteiger partial charge is 0.741 e. The first kappa shape index (κ1) is 35.5. The molecule has 0 aromatic heterocycles. The molecule has 0 saturated carbocycles. The van der Waals surface area contributed by atoms with Crippen molar-refractivity contribution in [2.75, 3.05) is 33.2 Å². The molecule has 0 amide bonds. The van der Waals surface area contributed by atoms with E-state index in [2.05, 4.69) is 92.0 Å². The summed E-state index contributed by atoms with van der Waals surface area (Å²) < 4.78 is 135. The fourth-order valence-corrected chi connectivity index (χ4v) is 5.94. The highest BCUT2D eigenvalue weighted by Crippen LogP contribution is 2.53. The van der Waals surface area contributed by atoms with Gasteiger partial charge in [-0.2, -0.15) is 26.3 Å². The molecule has 7 rings (SSSR count). The molecular formula is C29H27F7N2O6S2. The Morgan fingerprint density at radius 2 is 0.913 bits per heavy atom. The van der Waals surface area contributed by atoms with Crippen LogP contribution in [0.4, 0.5) is 30.8 Å². The van der Waals surface area contributed by atoms with Crippen molar-refractivity contribution in [2.45, 2.75) is 23.1 Å². The van der Waals surface area contributed by atoms with Gasteiger partial charge < -0.3 is 13.6 Å². The van der Waals surface area contributed by atoms with Crippen LogP contribution in [-0.4, -0.2) is 79.4 Å². The van der Waals surface area contributed by atoms with E-state index in [4.69, 9.17) is 25.9 Å². The zero-order valence-electron chi connectivity index (χ0n) is 23.9. The number of rotatable bonds is 2. The van der Waals surface area contributed by atoms with E-state index < -0.39 is 31.3 Å². The Hall–Kier alpha value is -3.35. The van der Waals surface area contributed by atoms with Gasteiger partial charge in [0, 0.05) is 11.1 Å². The van der Waals surface area contributed by atoms with Gasteiger partial charge in [0.2, 0.25) is 6.04 Å². The molecule has 46 heavy (non-hydrogen) atoms. The maximum Gasteiger partial charge on any atom is 0.485 e. The summed E-state index contributed by atoms with van der Waals surface area (Å²) in [6.07, 6.45) is 0. The number of alkyl halides is 6. The first-order valence-electron chi connectivity index (χ1n) is 13.5. The number of nitrogens with zero attached hydrogens (tertiary/aromatic N) is 2. The maximum atomic E-state index is 16.4. The van der Waals surface area contributed by atoms with Gasteiger partial charge in [-0.25, -0.2) is 16.8 Å². The summed E-state index contributed by atoms with van der Waals surface area (Å²) in [7, 11) is -9.85. The molecule has 2 atom stereocenters. The normalized spacial score (nSPS) is 24.9. The van der Waals surface area contributed by atoms with Crippen LogP contribution in [0.1, 0.15) is 23.2 Å². The highest BCUT2D eigenvalue weighted by Gasteiger charge is 2.63. The molecular weight excluding hydrogens is 669 g/mol. The zero-order valence-corrected chi connectivity index (χ0v) is 25.5. The van der Waals surface area contributed by atoms with Gasteiger partial charge in [0.05, 0.1) is 7.05 Å². The van der Waals surface area contributed by atoms with Crippen molar-refractivity contribution in [1.29, 1.82) is 0 Å². The number of halogens is 7. The van der Waals surface area contributed by atoms with Crippen LogP contribution in [0.15, 0.2) is 84.9 Å². The molecule has 3 heterocycles. The molecule has 0 N–H and O–H groups in total. The molecule has 250 valence electrons. The maximum absolute atomic E-state index is 16.4. The van der Waals surface area contributed by atoms with Crippen LogP contribution in [0, 0.1) is 0 Å². The van der Waals surface area contributed by atoms with E-state index in [0.29, 0.717) is 13.1 Å². The quantitative estimate of drug-likeness (QED) is 0.0829. The van der Waals surface area contributed by atoms with E-state index in [1.54, 1.807) is 0 Å². The van der Waals surface area contributed by atoms with E-state index in [1.807, 2.05) is 0 Å². The van der Waals surface area contributed by atoms with Crippen molar-refractivity contribution in [3.63, 3.8) is 0 Å². The summed E-state index contributed by atoms with van der Waals surface area (Å²) in [4.78, 5) is 0. The molecule has 0 radical (unpaired) electrons. The molecule has 0 aliphatic carbocycles. The molecule has 3 saturated heterocycles. The number of benzene rings is 4. The summed E-state index contributed by atoms with van der Waals surface area (Å²) >= 11 is 0. The summed E-state index contributed by atoms with van der Waals surface area (Å²) in [5.74, 6) is 0. The van der Waals surface area contributed by atoms with Gasteiger partial charge in [-0.3, -0.25) is 0 Å². The summed E-state index contributed by atoms with van der Waals surface area (Å²) in [5.41, 5.74) is -8.91. The Bertz CT molecular complexity index is 1800. The monoisotopic (exact) mass is 696 g/mol. The fourth-order valence-electron chi connectivity index (χ4n) is 5.94. The highest BCUT2D eigenvalue weighted by molar-refractivity contribution is 7.86. The lowest BCUT2D eigenvalue weighted by Gasteiger charge is -2.57. The highest BCUT2D eigenvalue weighted by atomic mass is 32.2. The standard InChI is InChI=1S/C27H27FN2.2CHF3O3S/c1-29-14-16-30(28,17-15-29)27(25-13-11-21-7-3-5-9-23(21)19-25)26(29)24-12-10-20-6-2-4-8-22(20)18-24;2*2-1(3,4)8(5,6)7/h2-13,18-19,26-27H,14-17H2,1H3;2*(H,5,6,7)/q+2;;/p-2/t26-,27-,29?,30?;;/m0../s1. The third kappa shape index (κ3) is 7.44. The molecule has 4 aromatic carbocycles. The Morgan fingerprint density at radius 3 is 1.26 bits per heavy atom. The number of hydrogen-bond acceptors (Lipinski definition) is 6. The predicted octanol–water partition coefficient (Wildman–Crippen LogP) is 6.05. The van der Waals surface area contributed by atoms with Crippen LogP contribution >= 0.6 is 0 Å². The van der Waals surface area contributed by atoms with E-state index in [9.17, 15) is 26.3 Å². The van der Waals surface area contributed by atoms with Gasteiger partial charge in [0.25, 0.3) is 0 Å². The summed E-state index contributed by atoms with van der Waals surface area (Å²) in [6, 6.07) is 30.1. The molecule has 2 bridgehead atoms. The van der Waals surface area contributed by atoms with Crippen molar-refractivity contribution in [3.8, 4) is 0 Å². The van der Waals surface area contributed by atoms with Crippen LogP contribution in [0.5, 0.6) is 0 Å². The lowest BCUT2D eigenvalue weighted by atomic mass is 9.83. The zero-order chi connectivity index (χ0) is 34.3. The summed E-state index contributed by atoms with van der Waals surface area (Å²) in [6.45, 7) is 2.96. The number of piperazine rings is 3. The van der Waals surface area contributed by atoms with E-state index in [-0.39, 0.29) is 16.8 Å². The van der Waals surface area contributed by atoms with Gasteiger partial charge >= 0.3 is 11.0 Å². The lowest BCUT2D eigenvalue weighted by Crippen LogP contribution is -2.72. The Morgan fingerprint density at radius 1 is 0.587 bits per heavy atom. The van der Waals surface area contributed by atoms with Crippen molar-refractivity contribution in [3.05, 3.63) is 96.1 Å². The van der Waals surface area contributed by atoms with Crippen LogP contribution in [0.25, 0.3) is 21.5 Å². The molecule has 4 aromatic rings. The minimum absolute atomic E-state index is 0.114. The van der Waals surface area contributed by atoms with Crippen molar-refractivity contribution >= 4 is 41.8 Å². The minimum atomic E-state index is -6.09. The number of likely N-dealkylation sites (N-methyl/N-ethyl adjacent to an activating group) is 1. The van der Waals surface area contributed by atoms with Crippen LogP contribution in [-0.2, 0) is 20.2 Å². The second kappa shape index (κ2) is 12.4. The van der Waals surface area contributed by atoms with Gasteiger partial charge in [0.15, 0.2) is 39.4 Å². The molecule has 3 fully saturated rings. The number of quaternary nitrogens is 2. The topological polar surface area (TPSA) is 114 Å². The number of hydrogen-bond donors (Lipinski definition) is 0. The molecule has 8 nitrogen and oxygen atoms in total. The Labute approximate surface area is 259 Å². The predicted molar refractivity (Wildman–Crippen MR) is 152 cm³/mol. The molecule has 17 heteroatoms. The van der Waals surface area contributed by atoms with Crippen molar-refractivity contribution < 1.29 is 66.0 Å². The van der Waals surface area contributed by atoms with E-state index >= 15 is 4.48 Å². The summed E-state index contributed by atoms with van der Waals surface area (Å²) in [5, 5.41) is 4.89. The Kier molecular flexibility index (Phi) is 9.53. The van der Waals surface area contributed by atoms with Crippen LogP contribution in [0.2, 0.25) is 0 Å². The molecule has 3 aliphatic rings. The van der Waals surface area contributed by atoms with Gasteiger partial charge in [-0.05, 0) is 38.2 Å². The second-order valence-electron chi connectivity index (χ2n) is 11.2. The van der Waals surface area contributed by atoms with Gasteiger partial charge in [-0.15, -0.1) is 4.71 Å². The van der Waals surface area contributed by atoms with Crippen molar-refractivity contribution in [1.82, 2.24) is 0 Å². The molecule has 3 aliphatic heterocycles. The smallest absolute Gasteiger partial charge is 0.485 e. The SMILES string of the molecule is C[N+]12CC[N+](F)(CC1)[C@@H](c1ccc3ccccc3c1)[C@@H]2c1ccc2ccccc2c1.O=S(=O)([O-])C(F)(F)F.O=S(=O)([O-])C(F)(F)F. The average molecular weight is 697 g/mol. The molecule has 0 unspecified atom stereocenters. The Balaban J connectivity index is 0.000000250. The van der Waals surface area contributed by atoms with Gasteiger partial charge in [-0.1, -0.05) is 72.8 Å². The average Bonchev–Trinajstić information content (AvgIpc) is 2.95. The first-order valence-corrected chi connectivity index (χ1v) is 16.3. The first-order chi connectivity index (χ1) is 21.1. The van der Waals surface area contributed by atoms with Crippen molar-refractivity contribution in [2.24, 2.45) is 0 Å². The lowest BCUT2D eigenvalue weighted by molar-refractivity contribution is -1.18. The van der Waals surface area contributed by atoms with E-state index in [0.717, 1.165) is 23.1 Å². The van der Waals surface area contributed by atoms with Gasteiger partial charge in [0.1, 0.15) is 13.1 Å². The minimum Gasteiger partial charge on any atom is -0.741 e. The molecule has 0 spiro atoms. The van der Waals surface area contributed by atoms with E-state index in [1.165, 1.54) is 27.1 Å². The van der Waals surface area contributed by atoms with Crippen LogP contribution < -0.4 is 0 Å². The third-order valence-electron chi connectivity index (χ3n) is 8.23. The second-order valence-corrected chi connectivity index (χ2v) is 13.9. The van der Waals surface area contributed by atoms with Crippen LogP contribution in [0.3, 0.4) is 0 Å². The third-order valence-corrected chi connectivity index (χ3v) is 9.37. The fraction of sp³-hybridized carbons (Fsp3) is 0.310. The number of fused-ring (bicyclic) bond motifs is 5.